The first kappa shape index (κ1) is 18.6. The third-order valence-corrected chi connectivity index (χ3v) is 6.34. The van der Waals surface area contributed by atoms with Gasteiger partial charge in [0.1, 0.15) is 6.10 Å². The van der Waals surface area contributed by atoms with Crippen LogP contribution in [0.2, 0.25) is 5.02 Å². The molecule has 1 aliphatic rings. The summed E-state index contributed by atoms with van der Waals surface area (Å²) in [5, 5.41) is 0.585. The van der Waals surface area contributed by atoms with E-state index in [9.17, 15) is 8.42 Å². The molecule has 0 N–H and O–H groups in total. The molecule has 9 heteroatoms. The summed E-state index contributed by atoms with van der Waals surface area (Å²) in [4.78, 5) is 8.15. The molecule has 3 rings (SSSR count). The van der Waals surface area contributed by atoms with E-state index in [1.807, 2.05) is 0 Å². The van der Waals surface area contributed by atoms with Crippen LogP contribution in [0.15, 0.2) is 41.1 Å². The van der Waals surface area contributed by atoms with Crippen molar-refractivity contribution >= 4 is 37.6 Å². The topological polar surface area (TPSA) is 72.4 Å². The van der Waals surface area contributed by atoms with Crippen molar-refractivity contribution in [1.29, 1.82) is 0 Å². The Kier molecular flexibility index (Phi) is 5.93. The minimum atomic E-state index is -3.42. The van der Waals surface area contributed by atoms with Crippen molar-refractivity contribution in [1.82, 2.24) is 14.3 Å². The number of halogens is 2. The Labute approximate surface area is 160 Å². The summed E-state index contributed by atoms with van der Waals surface area (Å²) in [6.45, 7) is 0.798. The van der Waals surface area contributed by atoms with E-state index in [0.29, 0.717) is 23.7 Å². The number of nitrogens with zero attached hydrogens (tertiary/aromatic N) is 3. The first-order valence-electron chi connectivity index (χ1n) is 7.79. The van der Waals surface area contributed by atoms with E-state index < -0.39 is 10.0 Å². The molecule has 6 nitrogen and oxygen atoms in total. The zero-order valence-corrected chi connectivity index (χ0v) is 16.5. The van der Waals surface area contributed by atoms with Crippen molar-refractivity contribution in [3.8, 4) is 6.01 Å². The van der Waals surface area contributed by atoms with Crippen molar-refractivity contribution in [3.63, 3.8) is 0 Å². The summed E-state index contributed by atoms with van der Waals surface area (Å²) in [6, 6.07) is 7.10. The standard InChI is InChI=1S/C16H17BrClN3O3S/c17-13-8-19-16(20-9-13)24-15-2-1-7-21(10-15)25(22,23)11-12-3-5-14(18)6-4-12/h3-6,8-9,15H,1-2,7,10-11H2. The molecule has 1 aliphatic heterocycles. The zero-order chi connectivity index (χ0) is 17.9. The van der Waals surface area contributed by atoms with Crippen LogP contribution in [0.5, 0.6) is 6.01 Å². The lowest BCUT2D eigenvalue weighted by molar-refractivity contribution is 0.119. The molecular formula is C16H17BrClN3O3S. The lowest BCUT2D eigenvalue weighted by Crippen LogP contribution is -2.44. The minimum absolute atomic E-state index is 0.0499. The summed E-state index contributed by atoms with van der Waals surface area (Å²) < 4.78 is 33.3. The third kappa shape index (κ3) is 5.13. The maximum absolute atomic E-state index is 12.7. The fourth-order valence-electron chi connectivity index (χ4n) is 2.65. The molecule has 2 heterocycles. The highest BCUT2D eigenvalue weighted by molar-refractivity contribution is 9.10. The quantitative estimate of drug-likeness (QED) is 0.705. The van der Waals surface area contributed by atoms with E-state index >= 15 is 0 Å². The molecule has 0 radical (unpaired) electrons. The highest BCUT2D eigenvalue weighted by Gasteiger charge is 2.30. The predicted octanol–water partition coefficient (Wildman–Crippen LogP) is 3.27. The van der Waals surface area contributed by atoms with E-state index in [-0.39, 0.29) is 17.9 Å². The van der Waals surface area contributed by atoms with Crippen LogP contribution < -0.4 is 4.74 Å². The van der Waals surface area contributed by atoms with Gasteiger partial charge in [-0.25, -0.2) is 18.4 Å². The number of aromatic nitrogens is 2. The predicted molar refractivity (Wildman–Crippen MR) is 99.0 cm³/mol. The van der Waals surface area contributed by atoms with Gasteiger partial charge in [0.2, 0.25) is 10.0 Å². The molecule has 0 spiro atoms. The molecule has 0 bridgehead atoms. The van der Waals surface area contributed by atoms with Gasteiger partial charge in [-0.15, -0.1) is 0 Å². The Morgan fingerprint density at radius 3 is 2.60 bits per heavy atom. The molecule has 0 aliphatic carbocycles. The van der Waals surface area contributed by atoms with Gasteiger partial charge in [-0.3, -0.25) is 0 Å². The lowest BCUT2D eigenvalue weighted by atomic mass is 10.1. The molecule has 2 aromatic rings. The molecule has 1 aromatic heterocycles. The summed E-state index contributed by atoms with van der Waals surface area (Å²) in [5.74, 6) is -0.0499. The van der Waals surface area contributed by atoms with Crippen LogP contribution >= 0.6 is 27.5 Å². The Bertz CT molecular complexity index is 816. The van der Waals surface area contributed by atoms with Gasteiger partial charge in [0.25, 0.3) is 0 Å². The second-order valence-corrected chi connectivity index (χ2v) is 9.13. The minimum Gasteiger partial charge on any atom is -0.459 e. The number of piperidine rings is 1. The summed E-state index contributed by atoms with van der Waals surface area (Å²) in [7, 11) is -3.42. The number of sulfonamides is 1. The summed E-state index contributed by atoms with van der Waals surface area (Å²) in [6.07, 6.45) is 4.45. The van der Waals surface area contributed by atoms with Crippen molar-refractivity contribution in [2.75, 3.05) is 13.1 Å². The van der Waals surface area contributed by atoms with Gasteiger partial charge in [0.15, 0.2) is 0 Å². The molecule has 1 unspecified atom stereocenters. The SMILES string of the molecule is O=S(=O)(Cc1ccc(Cl)cc1)N1CCCC(Oc2ncc(Br)cn2)C1. The van der Waals surface area contributed by atoms with Crippen LogP contribution in [0.1, 0.15) is 18.4 Å². The van der Waals surface area contributed by atoms with E-state index in [1.54, 1.807) is 36.7 Å². The Hall–Kier alpha value is -1.22. The third-order valence-electron chi connectivity index (χ3n) is 3.87. The molecule has 1 aromatic carbocycles. The number of ether oxygens (including phenoxy) is 1. The summed E-state index contributed by atoms with van der Waals surface area (Å²) >= 11 is 9.11. The van der Waals surface area contributed by atoms with Gasteiger partial charge in [0, 0.05) is 24.0 Å². The van der Waals surface area contributed by atoms with Gasteiger partial charge >= 0.3 is 6.01 Å². The molecule has 1 fully saturated rings. The largest absolute Gasteiger partial charge is 0.459 e. The van der Waals surface area contributed by atoms with Gasteiger partial charge in [0.05, 0.1) is 16.8 Å². The van der Waals surface area contributed by atoms with Crippen molar-refractivity contribution in [2.24, 2.45) is 0 Å². The maximum atomic E-state index is 12.7. The average molecular weight is 447 g/mol. The van der Waals surface area contributed by atoms with Crippen LogP contribution in [0.25, 0.3) is 0 Å². The normalized spacial score (nSPS) is 18.9. The number of hydrogen-bond donors (Lipinski definition) is 0. The molecule has 1 atom stereocenters. The second-order valence-electron chi connectivity index (χ2n) is 5.81. The first-order valence-corrected chi connectivity index (χ1v) is 10.6. The fraction of sp³-hybridized carbons (Fsp3) is 0.375. The number of rotatable bonds is 5. The fourth-order valence-corrected chi connectivity index (χ4v) is 4.57. The van der Waals surface area contributed by atoms with Gasteiger partial charge in [-0.2, -0.15) is 4.31 Å². The van der Waals surface area contributed by atoms with E-state index in [0.717, 1.165) is 17.3 Å². The van der Waals surface area contributed by atoms with Crippen molar-refractivity contribution in [3.05, 3.63) is 51.7 Å². The highest BCUT2D eigenvalue weighted by Crippen LogP contribution is 2.21. The first-order chi connectivity index (χ1) is 11.9. The Morgan fingerprint density at radius 1 is 1.24 bits per heavy atom. The highest BCUT2D eigenvalue weighted by atomic mass is 79.9. The van der Waals surface area contributed by atoms with Gasteiger partial charge < -0.3 is 4.74 Å². The maximum Gasteiger partial charge on any atom is 0.316 e. The lowest BCUT2D eigenvalue weighted by Gasteiger charge is -2.31. The van der Waals surface area contributed by atoms with Crippen LogP contribution in [-0.4, -0.2) is 41.9 Å². The van der Waals surface area contributed by atoms with Crippen molar-refractivity contribution in [2.45, 2.75) is 24.7 Å². The van der Waals surface area contributed by atoms with Crippen LogP contribution in [0.3, 0.4) is 0 Å². The smallest absolute Gasteiger partial charge is 0.316 e. The van der Waals surface area contributed by atoms with Crippen LogP contribution in [0, 0.1) is 0 Å². The van der Waals surface area contributed by atoms with E-state index in [4.69, 9.17) is 16.3 Å². The van der Waals surface area contributed by atoms with Gasteiger partial charge in [-0.1, -0.05) is 23.7 Å². The van der Waals surface area contributed by atoms with E-state index in [2.05, 4.69) is 25.9 Å². The molecule has 134 valence electrons. The average Bonchev–Trinajstić information content (AvgIpc) is 2.59. The zero-order valence-electron chi connectivity index (χ0n) is 13.3. The molecule has 1 saturated heterocycles. The molecule has 0 saturated carbocycles. The number of benzene rings is 1. The molecule has 0 amide bonds. The number of hydrogen-bond acceptors (Lipinski definition) is 5. The van der Waals surface area contributed by atoms with Gasteiger partial charge in [-0.05, 0) is 46.5 Å². The Morgan fingerprint density at radius 2 is 1.92 bits per heavy atom. The van der Waals surface area contributed by atoms with Crippen molar-refractivity contribution < 1.29 is 13.2 Å². The van der Waals surface area contributed by atoms with Crippen LogP contribution in [-0.2, 0) is 15.8 Å². The Balaban J connectivity index is 1.65. The van der Waals surface area contributed by atoms with Crippen LogP contribution in [0.4, 0.5) is 0 Å². The monoisotopic (exact) mass is 445 g/mol. The molecular weight excluding hydrogens is 430 g/mol. The molecule has 25 heavy (non-hydrogen) atoms. The summed E-state index contributed by atoms with van der Waals surface area (Å²) in [5.41, 5.74) is 0.712. The van der Waals surface area contributed by atoms with E-state index in [1.165, 1.54) is 4.31 Å². The second kappa shape index (κ2) is 7.99.